The zero-order valence-electron chi connectivity index (χ0n) is 5.49. The summed E-state index contributed by atoms with van der Waals surface area (Å²) in [5.74, 6) is 0. The number of hydrogen-bond donors (Lipinski definition) is 2. The van der Waals surface area contributed by atoms with Crippen LogP contribution in [0.2, 0.25) is 0 Å². The summed E-state index contributed by atoms with van der Waals surface area (Å²) in [6.45, 7) is 0. The molecule has 0 amide bonds. The summed E-state index contributed by atoms with van der Waals surface area (Å²) in [5.41, 5.74) is 0. The Balaban J connectivity index is 2.07. The average Bonchev–Trinajstić information content (AvgIpc) is 2.20. The average molecular weight is 166 g/mol. The molecule has 0 aromatic carbocycles. The van der Waals surface area contributed by atoms with Crippen LogP contribution >= 0.6 is 8.17 Å². The standard InChI is InChI=1S/C5H11O4P/c6-10(7)8-4-2-1-3-5(4)9-10/h4-7,10H,1-3H2. The van der Waals surface area contributed by atoms with Crippen LogP contribution in [0.4, 0.5) is 0 Å². The van der Waals surface area contributed by atoms with Crippen LogP contribution in [-0.4, -0.2) is 22.0 Å². The van der Waals surface area contributed by atoms with E-state index in [1.54, 1.807) is 0 Å². The van der Waals surface area contributed by atoms with Crippen molar-refractivity contribution in [3.8, 4) is 0 Å². The van der Waals surface area contributed by atoms with E-state index >= 15 is 0 Å². The van der Waals surface area contributed by atoms with Gasteiger partial charge in [-0.3, -0.25) is 0 Å². The Bertz CT molecular complexity index is 135. The maximum absolute atomic E-state index is 8.95. The van der Waals surface area contributed by atoms with Gasteiger partial charge in [0.15, 0.2) is 0 Å². The monoisotopic (exact) mass is 166 g/mol. The quantitative estimate of drug-likeness (QED) is 0.510. The SMILES string of the molecule is O[PH]1(O)OC2CCCC2O1. The summed E-state index contributed by atoms with van der Waals surface area (Å²) >= 11 is 0. The molecule has 0 radical (unpaired) electrons. The van der Waals surface area contributed by atoms with Gasteiger partial charge in [0.05, 0.1) is 0 Å². The maximum atomic E-state index is 8.95. The Morgan fingerprint density at radius 1 is 1.10 bits per heavy atom. The summed E-state index contributed by atoms with van der Waals surface area (Å²) < 4.78 is 9.80. The second-order valence-electron chi connectivity index (χ2n) is 2.79. The number of hydrogen-bond acceptors (Lipinski definition) is 4. The van der Waals surface area contributed by atoms with Crippen LogP contribution in [0.25, 0.3) is 0 Å². The van der Waals surface area contributed by atoms with Gasteiger partial charge in [-0.1, -0.05) is 0 Å². The molecule has 10 heavy (non-hydrogen) atoms. The Morgan fingerprint density at radius 2 is 1.60 bits per heavy atom. The molecule has 4 nitrogen and oxygen atoms in total. The van der Waals surface area contributed by atoms with Gasteiger partial charge in [-0.05, 0) is 0 Å². The Labute approximate surface area is 59.4 Å². The van der Waals surface area contributed by atoms with Gasteiger partial charge in [0.1, 0.15) is 0 Å². The molecule has 2 aliphatic rings. The third-order valence-electron chi connectivity index (χ3n) is 2.00. The van der Waals surface area contributed by atoms with E-state index in [0.29, 0.717) is 0 Å². The van der Waals surface area contributed by atoms with Crippen molar-refractivity contribution in [3.63, 3.8) is 0 Å². The number of rotatable bonds is 0. The van der Waals surface area contributed by atoms with Crippen molar-refractivity contribution in [2.45, 2.75) is 31.5 Å². The second-order valence-corrected chi connectivity index (χ2v) is 4.36. The van der Waals surface area contributed by atoms with Gasteiger partial charge in [-0.15, -0.1) is 0 Å². The third kappa shape index (κ3) is 1.06. The van der Waals surface area contributed by atoms with Gasteiger partial charge in [0.2, 0.25) is 0 Å². The first-order valence-corrected chi connectivity index (χ1v) is 5.19. The van der Waals surface area contributed by atoms with Gasteiger partial charge < -0.3 is 0 Å². The molecule has 0 aromatic heterocycles. The molecule has 2 atom stereocenters. The summed E-state index contributed by atoms with van der Waals surface area (Å²) in [6.07, 6.45) is 2.80. The normalized spacial score (nSPS) is 47.0. The van der Waals surface area contributed by atoms with Gasteiger partial charge in [0, 0.05) is 0 Å². The molecular formula is C5H11O4P. The van der Waals surface area contributed by atoms with Crippen LogP contribution in [0.15, 0.2) is 0 Å². The summed E-state index contributed by atoms with van der Waals surface area (Å²) in [7, 11) is -3.64. The van der Waals surface area contributed by atoms with Crippen LogP contribution in [-0.2, 0) is 9.05 Å². The molecule has 2 rings (SSSR count). The molecule has 1 saturated heterocycles. The van der Waals surface area contributed by atoms with E-state index in [1.165, 1.54) is 0 Å². The van der Waals surface area contributed by atoms with Gasteiger partial charge >= 0.3 is 58.5 Å². The van der Waals surface area contributed by atoms with E-state index < -0.39 is 8.17 Å². The molecular weight excluding hydrogens is 155 g/mol. The van der Waals surface area contributed by atoms with Crippen LogP contribution in [0.5, 0.6) is 0 Å². The molecule has 2 fully saturated rings. The molecule has 0 bridgehead atoms. The first kappa shape index (κ1) is 6.95. The van der Waals surface area contributed by atoms with E-state index in [9.17, 15) is 0 Å². The zero-order valence-corrected chi connectivity index (χ0v) is 6.49. The molecule has 0 spiro atoms. The second kappa shape index (κ2) is 2.13. The van der Waals surface area contributed by atoms with Crippen LogP contribution in [0, 0.1) is 0 Å². The van der Waals surface area contributed by atoms with E-state index in [0.717, 1.165) is 19.3 Å². The molecule has 1 aliphatic heterocycles. The fourth-order valence-electron chi connectivity index (χ4n) is 1.58. The van der Waals surface area contributed by atoms with Crippen molar-refractivity contribution in [1.29, 1.82) is 0 Å². The molecule has 2 N–H and O–H groups in total. The first-order valence-electron chi connectivity index (χ1n) is 3.48. The van der Waals surface area contributed by atoms with Crippen LogP contribution < -0.4 is 0 Å². The Morgan fingerprint density at radius 3 is 2.10 bits per heavy atom. The van der Waals surface area contributed by atoms with Crippen molar-refractivity contribution in [3.05, 3.63) is 0 Å². The molecule has 1 heterocycles. The zero-order chi connectivity index (χ0) is 7.19. The van der Waals surface area contributed by atoms with Crippen molar-refractivity contribution in [2.24, 2.45) is 0 Å². The van der Waals surface area contributed by atoms with Crippen molar-refractivity contribution in [2.75, 3.05) is 0 Å². The van der Waals surface area contributed by atoms with Crippen molar-refractivity contribution in [1.82, 2.24) is 0 Å². The van der Waals surface area contributed by atoms with Crippen LogP contribution in [0.3, 0.4) is 0 Å². The van der Waals surface area contributed by atoms with E-state index in [-0.39, 0.29) is 12.2 Å². The van der Waals surface area contributed by atoms with Crippen molar-refractivity contribution >= 4 is 8.17 Å². The van der Waals surface area contributed by atoms with Gasteiger partial charge in [-0.25, -0.2) is 0 Å². The Hall–Kier alpha value is 0.270. The molecule has 5 heteroatoms. The van der Waals surface area contributed by atoms with E-state index in [1.807, 2.05) is 0 Å². The molecule has 2 unspecified atom stereocenters. The summed E-state index contributed by atoms with van der Waals surface area (Å²) in [5, 5.41) is 0. The molecule has 1 aliphatic carbocycles. The fraction of sp³-hybridized carbons (Fsp3) is 1.00. The molecule has 60 valence electrons. The van der Waals surface area contributed by atoms with E-state index in [2.05, 4.69) is 0 Å². The van der Waals surface area contributed by atoms with Crippen LogP contribution in [0.1, 0.15) is 19.3 Å². The van der Waals surface area contributed by atoms with Gasteiger partial charge in [0.25, 0.3) is 0 Å². The predicted molar refractivity (Wildman–Crippen MR) is 36.3 cm³/mol. The third-order valence-corrected chi connectivity index (χ3v) is 3.22. The predicted octanol–water partition coefficient (Wildman–Crippen LogP) is 0.349. The molecule has 0 aromatic rings. The Kier molecular flexibility index (Phi) is 1.48. The minimum atomic E-state index is -3.64. The minimum absolute atomic E-state index is 0.0401. The number of fused-ring (bicyclic) bond motifs is 1. The topological polar surface area (TPSA) is 58.9 Å². The molecule has 1 saturated carbocycles. The first-order chi connectivity index (χ1) is 4.67. The fourth-order valence-corrected chi connectivity index (χ4v) is 2.97. The summed E-state index contributed by atoms with van der Waals surface area (Å²) in [6, 6.07) is 0. The van der Waals surface area contributed by atoms with E-state index in [4.69, 9.17) is 18.8 Å². The summed E-state index contributed by atoms with van der Waals surface area (Å²) in [4.78, 5) is 17.9. The van der Waals surface area contributed by atoms with Gasteiger partial charge in [-0.2, -0.15) is 0 Å². The van der Waals surface area contributed by atoms with Crippen molar-refractivity contribution < 1.29 is 18.8 Å².